The molecule has 2 aromatic carbocycles. The van der Waals surface area contributed by atoms with Crippen molar-refractivity contribution in [3.8, 4) is 0 Å². The largest absolute Gasteiger partial charge is 0.303 e. The summed E-state index contributed by atoms with van der Waals surface area (Å²) in [5.74, 6) is 0.633. The third kappa shape index (κ3) is 5.77. The van der Waals surface area contributed by atoms with Gasteiger partial charge < -0.3 is 4.90 Å². The van der Waals surface area contributed by atoms with Crippen LogP contribution in [0.2, 0.25) is 0 Å². The summed E-state index contributed by atoms with van der Waals surface area (Å²) in [4.78, 5) is 14.6. The Bertz CT molecular complexity index is 675. The van der Waals surface area contributed by atoms with E-state index in [1.165, 1.54) is 49.8 Å². The number of nitrogens with zero attached hydrogens (tertiary/aromatic N) is 1. The Morgan fingerprint density at radius 1 is 1.00 bits per heavy atom. The lowest BCUT2D eigenvalue weighted by molar-refractivity contribution is 0.0949. The number of rotatable bonds is 8. The van der Waals surface area contributed by atoms with E-state index in [-0.39, 0.29) is 11.6 Å². The molecule has 1 saturated heterocycles. The second-order valence-electron chi connectivity index (χ2n) is 7.34. The molecule has 1 fully saturated rings. The van der Waals surface area contributed by atoms with Crippen molar-refractivity contribution in [3.05, 3.63) is 71.5 Å². The fourth-order valence-electron chi connectivity index (χ4n) is 3.78. The molecular weight excluding hydrogens is 325 g/mol. The summed E-state index contributed by atoms with van der Waals surface area (Å²) in [6, 6.07) is 16.6. The number of likely N-dealkylation sites (tertiary alicyclic amines) is 1. The number of benzene rings is 2. The summed E-state index contributed by atoms with van der Waals surface area (Å²) in [5, 5.41) is 0. The summed E-state index contributed by atoms with van der Waals surface area (Å²) in [7, 11) is 0. The van der Waals surface area contributed by atoms with Crippen LogP contribution in [0.25, 0.3) is 0 Å². The summed E-state index contributed by atoms with van der Waals surface area (Å²) >= 11 is 0. The van der Waals surface area contributed by atoms with E-state index < -0.39 is 0 Å². The Morgan fingerprint density at radius 3 is 2.38 bits per heavy atom. The van der Waals surface area contributed by atoms with E-state index in [9.17, 15) is 9.18 Å². The zero-order valence-corrected chi connectivity index (χ0v) is 15.4. The number of hydrogen-bond acceptors (Lipinski definition) is 2. The molecule has 0 aliphatic carbocycles. The van der Waals surface area contributed by atoms with E-state index in [1.807, 2.05) is 0 Å². The first kappa shape index (κ1) is 18.8. The van der Waals surface area contributed by atoms with Crippen LogP contribution in [-0.4, -0.2) is 30.3 Å². The molecule has 3 heteroatoms. The maximum atomic E-state index is 12.9. The molecule has 0 unspecified atom stereocenters. The van der Waals surface area contributed by atoms with Crippen LogP contribution in [0.5, 0.6) is 0 Å². The van der Waals surface area contributed by atoms with E-state index >= 15 is 0 Å². The molecule has 1 aliphatic rings. The molecule has 0 radical (unpaired) electrons. The van der Waals surface area contributed by atoms with E-state index in [0.29, 0.717) is 12.0 Å². The van der Waals surface area contributed by atoms with Crippen LogP contribution >= 0.6 is 0 Å². The van der Waals surface area contributed by atoms with Gasteiger partial charge >= 0.3 is 0 Å². The second-order valence-corrected chi connectivity index (χ2v) is 7.34. The smallest absolute Gasteiger partial charge is 0.164 e. The molecule has 1 heterocycles. The molecule has 0 saturated carbocycles. The fourth-order valence-corrected chi connectivity index (χ4v) is 3.78. The molecule has 2 aromatic rings. The van der Waals surface area contributed by atoms with Gasteiger partial charge in [0.2, 0.25) is 0 Å². The summed E-state index contributed by atoms with van der Waals surface area (Å²) in [5.41, 5.74) is 2.05. The minimum absolute atomic E-state index is 0.106. The minimum Gasteiger partial charge on any atom is -0.303 e. The van der Waals surface area contributed by atoms with Gasteiger partial charge in [0.05, 0.1) is 0 Å². The third-order valence-corrected chi connectivity index (χ3v) is 5.45. The lowest BCUT2D eigenvalue weighted by Gasteiger charge is -2.31. The average molecular weight is 353 g/mol. The molecule has 2 nitrogen and oxygen atoms in total. The van der Waals surface area contributed by atoms with Gasteiger partial charge in [0.15, 0.2) is 5.78 Å². The predicted molar refractivity (Wildman–Crippen MR) is 104 cm³/mol. The predicted octanol–water partition coefficient (Wildman–Crippen LogP) is 5.13. The zero-order valence-electron chi connectivity index (χ0n) is 15.4. The highest BCUT2D eigenvalue weighted by molar-refractivity contribution is 5.96. The first-order chi connectivity index (χ1) is 12.7. The lowest BCUT2D eigenvalue weighted by atomic mass is 9.90. The molecule has 3 rings (SSSR count). The number of carbonyl (C=O) groups excluding carboxylic acids is 1. The van der Waals surface area contributed by atoms with Crippen molar-refractivity contribution < 1.29 is 9.18 Å². The van der Waals surface area contributed by atoms with Gasteiger partial charge in [-0.15, -0.1) is 0 Å². The molecule has 0 aromatic heterocycles. The minimum atomic E-state index is -0.295. The Kier molecular flexibility index (Phi) is 6.96. The van der Waals surface area contributed by atoms with Gasteiger partial charge in [-0.25, -0.2) is 4.39 Å². The molecule has 1 aliphatic heterocycles. The topological polar surface area (TPSA) is 20.3 Å². The number of Topliss-reactive ketones (excluding diaryl/α,β-unsaturated/α-hetero) is 1. The molecule has 138 valence electrons. The van der Waals surface area contributed by atoms with E-state index in [0.717, 1.165) is 25.6 Å². The van der Waals surface area contributed by atoms with E-state index in [4.69, 9.17) is 0 Å². The molecule has 0 atom stereocenters. The van der Waals surface area contributed by atoms with E-state index in [2.05, 4.69) is 35.2 Å². The van der Waals surface area contributed by atoms with Crippen LogP contribution in [0.15, 0.2) is 54.6 Å². The van der Waals surface area contributed by atoms with Gasteiger partial charge in [-0.05, 0) is 74.5 Å². The summed E-state index contributed by atoms with van der Waals surface area (Å²) in [6.07, 6.45) is 6.73. The molecule has 0 bridgehead atoms. The van der Waals surface area contributed by atoms with Gasteiger partial charge in [0.25, 0.3) is 0 Å². The highest BCUT2D eigenvalue weighted by Gasteiger charge is 2.19. The van der Waals surface area contributed by atoms with Crippen LogP contribution in [0, 0.1) is 11.7 Å². The number of carbonyl (C=O) groups is 1. The van der Waals surface area contributed by atoms with Crippen molar-refractivity contribution in [2.45, 2.75) is 38.5 Å². The Morgan fingerprint density at radius 2 is 1.69 bits per heavy atom. The van der Waals surface area contributed by atoms with Crippen LogP contribution in [-0.2, 0) is 6.42 Å². The number of aryl methyl sites for hydroxylation is 1. The maximum absolute atomic E-state index is 12.9. The van der Waals surface area contributed by atoms with Crippen molar-refractivity contribution in [2.24, 2.45) is 5.92 Å². The number of piperidine rings is 1. The lowest BCUT2D eigenvalue weighted by Crippen LogP contribution is -2.35. The second kappa shape index (κ2) is 9.63. The molecular formula is C23H28FNO. The van der Waals surface area contributed by atoms with Crippen molar-refractivity contribution in [2.75, 3.05) is 19.6 Å². The highest BCUT2D eigenvalue weighted by atomic mass is 19.1. The van der Waals surface area contributed by atoms with Gasteiger partial charge in [-0.2, -0.15) is 0 Å². The monoisotopic (exact) mass is 353 g/mol. The first-order valence-corrected chi connectivity index (χ1v) is 9.76. The highest BCUT2D eigenvalue weighted by Crippen LogP contribution is 2.23. The number of hydrogen-bond donors (Lipinski definition) is 0. The average Bonchev–Trinajstić information content (AvgIpc) is 2.68. The van der Waals surface area contributed by atoms with Crippen molar-refractivity contribution >= 4 is 5.78 Å². The molecule has 0 spiro atoms. The van der Waals surface area contributed by atoms with Gasteiger partial charge in [0.1, 0.15) is 5.82 Å². The normalized spacial score (nSPS) is 15.9. The maximum Gasteiger partial charge on any atom is 0.164 e. The van der Waals surface area contributed by atoms with Crippen molar-refractivity contribution in [1.82, 2.24) is 4.90 Å². The van der Waals surface area contributed by atoms with E-state index in [1.54, 1.807) is 12.1 Å². The third-order valence-electron chi connectivity index (χ3n) is 5.45. The van der Waals surface area contributed by atoms with Gasteiger partial charge in [-0.1, -0.05) is 36.8 Å². The van der Waals surface area contributed by atoms with Crippen LogP contribution in [0.1, 0.15) is 48.0 Å². The Balaban J connectivity index is 1.32. The molecule has 26 heavy (non-hydrogen) atoms. The van der Waals surface area contributed by atoms with Crippen molar-refractivity contribution in [1.29, 1.82) is 0 Å². The summed E-state index contributed by atoms with van der Waals surface area (Å²) in [6.45, 7) is 2.99. The summed E-state index contributed by atoms with van der Waals surface area (Å²) < 4.78 is 12.9. The van der Waals surface area contributed by atoms with Gasteiger partial charge in [-0.3, -0.25) is 4.79 Å². The van der Waals surface area contributed by atoms with Crippen LogP contribution < -0.4 is 0 Å². The number of ketones is 1. The van der Waals surface area contributed by atoms with Crippen LogP contribution in [0.4, 0.5) is 4.39 Å². The van der Waals surface area contributed by atoms with Gasteiger partial charge in [0, 0.05) is 18.5 Å². The van der Waals surface area contributed by atoms with Crippen molar-refractivity contribution in [3.63, 3.8) is 0 Å². The SMILES string of the molecule is O=C(CCN1CCC(CCCc2ccccc2)CC1)c1ccc(F)cc1. The fraction of sp³-hybridized carbons (Fsp3) is 0.435. The Labute approximate surface area is 156 Å². The standard InChI is InChI=1S/C23H28FNO/c24-22-11-9-21(10-12-22)23(26)15-18-25-16-13-20(14-17-25)8-4-7-19-5-2-1-3-6-19/h1-3,5-6,9-12,20H,4,7-8,13-18H2. The number of halogens is 1. The zero-order chi connectivity index (χ0) is 18.2. The molecule has 0 N–H and O–H groups in total. The van der Waals surface area contributed by atoms with Crippen LogP contribution in [0.3, 0.4) is 0 Å². The quantitative estimate of drug-likeness (QED) is 0.613. The molecule has 0 amide bonds. The Hall–Kier alpha value is -2.00. The first-order valence-electron chi connectivity index (χ1n) is 9.76.